The van der Waals surface area contributed by atoms with Crippen molar-refractivity contribution < 1.29 is 13.9 Å². The molecule has 0 radical (unpaired) electrons. The molecule has 2 aromatic rings. The number of carbonyl (C=O) groups is 1. The van der Waals surface area contributed by atoms with Crippen molar-refractivity contribution in [3.8, 4) is 5.75 Å². The van der Waals surface area contributed by atoms with E-state index in [1.165, 1.54) is 11.6 Å². The van der Waals surface area contributed by atoms with E-state index in [1.807, 2.05) is 30.3 Å². The Morgan fingerprint density at radius 2 is 1.72 bits per heavy atom. The van der Waals surface area contributed by atoms with E-state index in [-0.39, 0.29) is 37.1 Å². The van der Waals surface area contributed by atoms with Crippen molar-refractivity contribution in [2.75, 3.05) is 26.2 Å². The van der Waals surface area contributed by atoms with Gasteiger partial charge in [0.25, 0.3) is 0 Å². The van der Waals surface area contributed by atoms with Gasteiger partial charge in [-0.2, -0.15) is 0 Å². The minimum Gasteiger partial charge on any atom is -0.490 e. The Bertz CT molecular complexity index is 640. The van der Waals surface area contributed by atoms with Crippen LogP contribution in [0, 0.1) is 5.82 Å². The van der Waals surface area contributed by atoms with Gasteiger partial charge in [0.2, 0.25) is 5.91 Å². The first-order valence-corrected chi connectivity index (χ1v) is 8.10. The van der Waals surface area contributed by atoms with E-state index in [0.717, 1.165) is 6.42 Å². The van der Waals surface area contributed by atoms with E-state index in [9.17, 15) is 9.18 Å². The SMILES string of the molecule is Cl.NCCN(CCc1ccccc1)C(=O)CCOc1ccccc1F. The van der Waals surface area contributed by atoms with Crippen LogP contribution >= 0.6 is 12.4 Å². The summed E-state index contributed by atoms with van der Waals surface area (Å²) in [5.41, 5.74) is 6.78. The first-order valence-electron chi connectivity index (χ1n) is 8.10. The fourth-order valence-electron chi connectivity index (χ4n) is 2.39. The quantitative estimate of drug-likeness (QED) is 0.742. The molecule has 25 heavy (non-hydrogen) atoms. The van der Waals surface area contributed by atoms with Crippen LogP contribution in [0.5, 0.6) is 5.75 Å². The van der Waals surface area contributed by atoms with Crippen LogP contribution in [0.15, 0.2) is 54.6 Å². The third-order valence-electron chi connectivity index (χ3n) is 3.68. The number of nitrogens with two attached hydrogens (primary N) is 1. The van der Waals surface area contributed by atoms with Crippen LogP contribution in [0.2, 0.25) is 0 Å². The molecule has 0 aliphatic rings. The van der Waals surface area contributed by atoms with Gasteiger partial charge in [0.1, 0.15) is 0 Å². The Morgan fingerprint density at radius 3 is 2.40 bits per heavy atom. The summed E-state index contributed by atoms with van der Waals surface area (Å²) in [6.45, 7) is 1.67. The van der Waals surface area contributed by atoms with E-state index in [4.69, 9.17) is 10.5 Å². The average molecular weight is 367 g/mol. The number of ether oxygens (including phenoxy) is 1. The number of hydrogen-bond donors (Lipinski definition) is 1. The van der Waals surface area contributed by atoms with Crippen LogP contribution in [0.1, 0.15) is 12.0 Å². The summed E-state index contributed by atoms with van der Waals surface area (Å²) in [5, 5.41) is 0. The highest BCUT2D eigenvalue weighted by atomic mass is 35.5. The van der Waals surface area contributed by atoms with Crippen molar-refractivity contribution in [1.82, 2.24) is 4.90 Å². The van der Waals surface area contributed by atoms with Gasteiger partial charge >= 0.3 is 0 Å². The van der Waals surface area contributed by atoms with E-state index in [2.05, 4.69) is 0 Å². The van der Waals surface area contributed by atoms with Crippen LogP contribution < -0.4 is 10.5 Å². The number of rotatable bonds is 9. The van der Waals surface area contributed by atoms with Gasteiger partial charge in [-0.3, -0.25) is 4.79 Å². The van der Waals surface area contributed by atoms with Crippen LogP contribution in [-0.2, 0) is 11.2 Å². The summed E-state index contributed by atoms with van der Waals surface area (Å²) in [4.78, 5) is 14.1. The minimum absolute atomic E-state index is 0. The smallest absolute Gasteiger partial charge is 0.226 e. The predicted molar refractivity (Wildman–Crippen MR) is 99.5 cm³/mol. The normalized spacial score (nSPS) is 10.0. The summed E-state index contributed by atoms with van der Waals surface area (Å²) < 4.78 is 18.8. The largest absolute Gasteiger partial charge is 0.490 e. The second kappa shape index (κ2) is 11.4. The molecule has 4 nitrogen and oxygen atoms in total. The molecule has 0 saturated heterocycles. The van der Waals surface area contributed by atoms with E-state index < -0.39 is 5.82 Å². The minimum atomic E-state index is -0.423. The highest BCUT2D eigenvalue weighted by molar-refractivity contribution is 5.85. The standard InChI is InChI=1S/C19H23FN2O2.ClH/c20-17-8-4-5-9-18(17)24-15-11-19(23)22(14-12-21)13-10-16-6-2-1-3-7-16;/h1-9H,10-15,21H2;1H. The van der Waals surface area contributed by atoms with Crippen molar-refractivity contribution in [2.24, 2.45) is 5.73 Å². The Labute approximate surface area is 154 Å². The highest BCUT2D eigenvalue weighted by Crippen LogP contribution is 2.15. The Morgan fingerprint density at radius 1 is 1.04 bits per heavy atom. The van der Waals surface area contributed by atoms with Crippen LogP contribution in [0.3, 0.4) is 0 Å². The monoisotopic (exact) mass is 366 g/mol. The topological polar surface area (TPSA) is 55.6 Å². The zero-order chi connectivity index (χ0) is 17.2. The fourth-order valence-corrected chi connectivity index (χ4v) is 2.39. The number of hydrogen-bond acceptors (Lipinski definition) is 3. The molecule has 0 saturated carbocycles. The lowest BCUT2D eigenvalue weighted by Crippen LogP contribution is -2.37. The van der Waals surface area contributed by atoms with Gasteiger partial charge in [0, 0.05) is 19.6 Å². The van der Waals surface area contributed by atoms with Gasteiger partial charge in [0.15, 0.2) is 11.6 Å². The number of para-hydroxylation sites is 1. The molecular weight excluding hydrogens is 343 g/mol. The number of benzene rings is 2. The predicted octanol–water partition coefficient (Wildman–Crippen LogP) is 3.05. The van der Waals surface area contributed by atoms with Crippen molar-refractivity contribution in [3.05, 3.63) is 66.0 Å². The zero-order valence-corrected chi connectivity index (χ0v) is 14.9. The fraction of sp³-hybridized carbons (Fsp3) is 0.316. The molecule has 2 rings (SSSR count). The van der Waals surface area contributed by atoms with Gasteiger partial charge < -0.3 is 15.4 Å². The van der Waals surface area contributed by atoms with Crippen LogP contribution in [0.4, 0.5) is 4.39 Å². The van der Waals surface area contributed by atoms with Gasteiger partial charge in [-0.1, -0.05) is 42.5 Å². The molecule has 2 N–H and O–H groups in total. The van der Waals surface area contributed by atoms with Gasteiger partial charge in [-0.15, -0.1) is 12.4 Å². The molecule has 2 aromatic carbocycles. The summed E-state index contributed by atoms with van der Waals surface area (Å²) >= 11 is 0. The molecule has 136 valence electrons. The van der Waals surface area contributed by atoms with Crippen molar-refractivity contribution in [1.29, 1.82) is 0 Å². The molecular formula is C19H24ClFN2O2. The number of halogens is 2. The van der Waals surface area contributed by atoms with Crippen LogP contribution in [0.25, 0.3) is 0 Å². The maximum Gasteiger partial charge on any atom is 0.226 e. The molecule has 0 aromatic heterocycles. The van der Waals surface area contributed by atoms with Crippen molar-refractivity contribution in [3.63, 3.8) is 0 Å². The third-order valence-corrected chi connectivity index (χ3v) is 3.68. The molecule has 0 unspecified atom stereocenters. The summed E-state index contributed by atoms with van der Waals surface area (Å²) in [6.07, 6.45) is 0.976. The molecule has 0 aliphatic carbocycles. The number of nitrogens with zero attached hydrogens (tertiary/aromatic N) is 1. The maximum atomic E-state index is 13.5. The summed E-state index contributed by atoms with van der Waals surface area (Å²) in [7, 11) is 0. The second-order valence-electron chi connectivity index (χ2n) is 5.43. The highest BCUT2D eigenvalue weighted by Gasteiger charge is 2.13. The first kappa shape index (κ1) is 20.9. The molecule has 0 fully saturated rings. The lowest BCUT2D eigenvalue weighted by atomic mass is 10.1. The lowest BCUT2D eigenvalue weighted by Gasteiger charge is -2.22. The molecule has 0 atom stereocenters. The van der Waals surface area contributed by atoms with E-state index in [1.54, 1.807) is 23.1 Å². The molecule has 0 spiro atoms. The van der Waals surface area contributed by atoms with Gasteiger partial charge in [0.05, 0.1) is 13.0 Å². The molecule has 0 aliphatic heterocycles. The number of carbonyl (C=O) groups excluding carboxylic acids is 1. The molecule has 1 amide bonds. The van der Waals surface area contributed by atoms with Crippen molar-refractivity contribution >= 4 is 18.3 Å². The van der Waals surface area contributed by atoms with Gasteiger partial charge in [-0.25, -0.2) is 4.39 Å². The zero-order valence-electron chi connectivity index (χ0n) is 14.1. The lowest BCUT2D eigenvalue weighted by molar-refractivity contribution is -0.131. The van der Waals surface area contributed by atoms with Gasteiger partial charge in [-0.05, 0) is 24.1 Å². The Kier molecular flexibility index (Phi) is 9.58. The maximum absolute atomic E-state index is 13.5. The van der Waals surface area contributed by atoms with E-state index in [0.29, 0.717) is 19.6 Å². The summed E-state index contributed by atoms with van der Waals surface area (Å²) in [6, 6.07) is 16.2. The average Bonchev–Trinajstić information content (AvgIpc) is 2.61. The van der Waals surface area contributed by atoms with Crippen molar-refractivity contribution in [2.45, 2.75) is 12.8 Å². The summed E-state index contributed by atoms with van der Waals surface area (Å²) in [5.74, 6) is -0.291. The third kappa shape index (κ3) is 7.11. The first-order chi connectivity index (χ1) is 11.7. The van der Waals surface area contributed by atoms with Crippen LogP contribution in [-0.4, -0.2) is 37.0 Å². The molecule has 0 heterocycles. The second-order valence-corrected chi connectivity index (χ2v) is 5.43. The Hall–Kier alpha value is -2.11. The molecule has 0 bridgehead atoms. The van der Waals surface area contributed by atoms with E-state index >= 15 is 0 Å². The number of amides is 1. The Balaban J connectivity index is 0.00000312. The molecule has 6 heteroatoms.